The van der Waals surface area contributed by atoms with Crippen molar-refractivity contribution in [2.45, 2.75) is 71.1 Å². The van der Waals surface area contributed by atoms with E-state index < -0.39 is 17.2 Å². The molecule has 3 aliphatic rings. The Balaban J connectivity index is 1.60. The van der Waals surface area contributed by atoms with Crippen LogP contribution in [0.4, 0.5) is 5.69 Å². The summed E-state index contributed by atoms with van der Waals surface area (Å²) in [7, 11) is 0. The summed E-state index contributed by atoms with van der Waals surface area (Å²) < 4.78 is 12.1. The van der Waals surface area contributed by atoms with E-state index in [-0.39, 0.29) is 30.1 Å². The second-order valence-electron chi connectivity index (χ2n) is 9.66. The van der Waals surface area contributed by atoms with Crippen molar-refractivity contribution >= 4 is 17.4 Å². The van der Waals surface area contributed by atoms with E-state index in [1.54, 1.807) is 11.8 Å². The second-order valence-corrected chi connectivity index (χ2v) is 9.66. The van der Waals surface area contributed by atoms with E-state index in [1.807, 2.05) is 24.3 Å². The molecule has 1 amide bonds. The Kier molecular flexibility index (Phi) is 6.25. The van der Waals surface area contributed by atoms with Gasteiger partial charge in [-0.1, -0.05) is 26.0 Å². The topological polar surface area (TPSA) is 76.1 Å². The fraction of sp³-hybridized carbons (Fsp3) is 0.680. The van der Waals surface area contributed by atoms with E-state index in [0.29, 0.717) is 26.1 Å². The van der Waals surface area contributed by atoms with Crippen molar-refractivity contribution in [1.82, 2.24) is 0 Å². The first-order valence-electron chi connectivity index (χ1n) is 11.6. The summed E-state index contributed by atoms with van der Waals surface area (Å²) in [6, 6.07) is 7.37. The molecule has 4 atom stereocenters. The van der Waals surface area contributed by atoms with Gasteiger partial charge < -0.3 is 19.5 Å². The van der Waals surface area contributed by atoms with Gasteiger partial charge in [0.25, 0.3) is 0 Å². The Hall–Kier alpha value is -1.76. The number of aryl methyl sites for hydroxylation is 1. The maximum Gasteiger partial charge on any atom is 0.224 e. The summed E-state index contributed by atoms with van der Waals surface area (Å²) in [5.74, 6) is -0.153. The van der Waals surface area contributed by atoms with Gasteiger partial charge in [0.1, 0.15) is 0 Å². The maximum atomic E-state index is 13.9. The summed E-state index contributed by atoms with van der Waals surface area (Å²) in [4.78, 5) is 28.3. The van der Waals surface area contributed by atoms with Gasteiger partial charge in [-0.25, -0.2) is 0 Å². The average Bonchev–Trinajstić information content (AvgIpc) is 3.23. The number of fused-ring (bicyclic) bond motifs is 1. The molecule has 1 saturated heterocycles. The Labute approximate surface area is 184 Å². The lowest BCUT2D eigenvalue weighted by atomic mass is 9.53. The summed E-state index contributed by atoms with van der Waals surface area (Å²) in [5.41, 5.74) is 1.35. The largest absolute Gasteiger partial charge is 0.396 e. The number of ketones is 1. The molecule has 1 spiro atoms. The standard InChI is InChI=1S/C25H35NO5/c1-17-21-9-10-22(23(29)24(21,3)11-12-25(17)30-14-15-31-25)26(18(2)28)20-8-4-6-19(16-20)7-5-13-27/h4,6,8,16-17,21-22,27H,5,7,9-15H2,1-3H3/t17-,21-,22?,24-/m0/s1. The zero-order chi connectivity index (χ0) is 22.2. The van der Waals surface area contributed by atoms with Gasteiger partial charge in [-0.3, -0.25) is 9.59 Å². The first-order chi connectivity index (χ1) is 14.8. The van der Waals surface area contributed by atoms with Crippen LogP contribution in [0.5, 0.6) is 0 Å². The quantitative estimate of drug-likeness (QED) is 0.775. The highest BCUT2D eigenvalue weighted by Crippen LogP contribution is 2.56. The van der Waals surface area contributed by atoms with Gasteiger partial charge in [0.05, 0.1) is 19.3 Å². The number of carbonyl (C=O) groups is 2. The summed E-state index contributed by atoms with van der Waals surface area (Å²) in [5, 5.41) is 9.14. The van der Waals surface area contributed by atoms with E-state index in [9.17, 15) is 9.59 Å². The zero-order valence-electron chi connectivity index (χ0n) is 18.9. The molecule has 6 nitrogen and oxygen atoms in total. The van der Waals surface area contributed by atoms with E-state index in [4.69, 9.17) is 14.6 Å². The van der Waals surface area contributed by atoms with Gasteiger partial charge in [0.2, 0.25) is 5.91 Å². The third-order valence-corrected chi connectivity index (χ3v) is 7.96. The number of benzene rings is 1. The lowest BCUT2D eigenvalue weighted by Gasteiger charge is -2.55. The number of rotatable bonds is 5. The highest BCUT2D eigenvalue weighted by Gasteiger charge is 2.60. The number of hydrogen-bond donors (Lipinski definition) is 1. The first kappa shape index (κ1) is 22.4. The molecule has 1 aromatic rings. The molecule has 1 aliphatic heterocycles. The van der Waals surface area contributed by atoms with Gasteiger partial charge in [-0.2, -0.15) is 0 Å². The van der Waals surface area contributed by atoms with Crippen molar-refractivity contribution in [3.8, 4) is 0 Å². The van der Waals surface area contributed by atoms with Crippen molar-refractivity contribution in [1.29, 1.82) is 0 Å². The minimum Gasteiger partial charge on any atom is -0.396 e. The molecule has 1 heterocycles. The normalized spacial score (nSPS) is 32.1. The predicted molar refractivity (Wildman–Crippen MR) is 118 cm³/mol. The minimum atomic E-state index is -0.543. The predicted octanol–water partition coefficient (Wildman–Crippen LogP) is 3.49. The fourth-order valence-corrected chi connectivity index (χ4v) is 6.28. The van der Waals surface area contributed by atoms with Crippen LogP contribution in [0, 0.1) is 17.3 Å². The summed E-state index contributed by atoms with van der Waals surface area (Å²) in [6.45, 7) is 7.16. The fourth-order valence-electron chi connectivity index (χ4n) is 6.28. The van der Waals surface area contributed by atoms with E-state index in [1.165, 1.54) is 0 Å². The second kappa shape index (κ2) is 8.64. The summed E-state index contributed by atoms with van der Waals surface area (Å²) in [6.07, 6.45) is 4.38. The molecule has 1 N–H and O–H groups in total. The monoisotopic (exact) mass is 429 g/mol. The van der Waals surface area contributed by atoms with Crippen LogP contribution in [0.2, 0.25) is 0 Å². The molecule has 0 radical (unpaired) electrons. The molecule has 1 aromatic carbocycles. The number of Topliss-reactive ketones (excluding diaryl/α,β-unsaturated/α-hetero) is 1. The third-order valence-electron chi connectivity index (χ3n) is 7.96. The number of ether oxygens (including phenoxy) is 2. The lowest BCUT2D eigenvalue weighted by molar-refractivity contribution is -0.243. The highest BCUT2D eigenvalue weighted by atomic mass is 16.7. The van der Waals surface area contributed by atoms with Crippen molar-refractivity contribution in [3.05, 3.63) is 29.8 Å². The van der Waals surface area contributed by atoms with Crippen LogP contribution in [0.25, 0.3) is 0 Å². The molecule has 31 heavy (non-hydrogen) atoms. The Morgan fingerprint density at radius 1 is 1.23 bits per heavy atom. The van der Waals surface area contributed by atoms with Crippen molar-refractivity contribution < 1.29 is 24.2 Å². The van der Waals surface area contributed by atoms with Crippen molar-refractivity contribution in [2.75, 3.05) is 24.7 Å². The van der Waals surface area contributed by atoms with Crippen LogP contribution in [0.3, 0.4) is 0 Å². The van der Waals surface area contributed by atoms with Crippen molar-refractivity contribution in [3.63, 3.8) is 0 Å². The Morgan fingerprint density at radius 2 is 1.97 bits per heavy atom. The van der Waals surface area contributed by atoms with Gasteiger partial charge in [-0.05, 0) is 55.7 Å². The van der Waals surface area contributed by atoms with Gasteiger partial charge >= 0.3 is 0 Å². The molecule has 0 bridgehead atoms. The number of aliphatic hydroxyl groups excluding tert-OH is 1. The van der Waals surface area contributed by atoms with E-state index in [2.05, 4.69) is 13.8 Å². The molecule has 0 aromatic heterocycles. The number of aliphatic hydroxyl groups is 1. The molecule has 1 unspecified atom stereocenters. The molecular formula is C25H35NO5. The van der Waals surface area contributed by atoms with E-state index >= 15 is 0 Å². The van der Waals surface area contributed by atoms with Crippen LogP contribution in [0.15, 0.2) is 24.3 Å². The highest BCUT2D eigenvalue weighted by molar-refractivity contribution is 6.02. The van der Waals surface area contributed by atoms with E-state index in [0.717, 1.165) is 36.9 Å². The first-order valence-corrected chi connectivity index (χ1v) is 11.6. The van der Waals surface area contributed by atoms with Gasteiger partial charge in [-0.15, -0.1) is 0 Å². The molecule has 2 saturated carbocycles. The number of carbonyl (C=O) groups excluding carboxylic acids is 2. The Morgan fingerprint density at radius 3 is 2.65 bits per heavy atom. The number of amides is 1. The van der Waals surface area contributed by atoms with Crippen LogP contribution in [-0.2, 0) is 25.5 Å². The number of anilines is 1. The lowest BCUT2D eigenvalue weighted by Crippen LogP contribution is -2.61. The summed E-state index contributed by atoms with van der Waals surface area (Å²) >= 11 is 0. The van der Waals surface area contributed by atoms with Crippen LogP contribution >= 0.6 is 0 Å². The minimum absolute atomic E-state index is 0.109. The number of hydrogen-bond acceptors (Lipinski definition) is 5. The smallest absolute Gasteiger partial charge is 0.224 e. The van der Waals surface area contributed by atoms with Gasteiger partial charge in [0.15, 0.2) is 11.6 Å². The van der Waals surface area contributed by atoms with Gasteiger partial charge in [0, 0.05) is 37.0 Å². The Bertz CT molecular complexity index is 833. The maximum absolute atomic E-state index is 13.9. The molecule has 6 heteroatoms. The SMILES string of the molecule is CC(=O)N(c1cccc(CCCO)c1)C1CC[C@H]2[C@H](C)C3(CC[C@]2(C)C1=O)OCCO3. The van der Waals surface area contributed by atoms with Crippen LogP contribution in [0.1, 0.15) is 58.4 Å². The molecule has 3 fully saturated rings. The molecular weight excluding hydrogens is 394 g/mol. The van der Waals surface area contributed by atoms with Crippen LogP contribution < -0.4 is 4.90 Å². The zero-order valence-corrected chi connectivity index (χ0v) is 18.9. The third kappa shape index (κ3) is 3.83. The molecule has 4 rings (SSSR count). The van der Waals surface area contributed by atoms with Crippen LogP contribution in [-0.4, -0.2) is 48.4 Å². The van der Waals surface area contributed by atoms with Crippen molar-refractivity contribution in [2.24, 2.45) is 17.3 Å². The average molecular weight is 430 g/mol. The molecule has 2 aliphatic carbocycles. The molecule has 170 valence electrons. The number of nitrogens with zero attached hydrogens (tertiary/aromatic N) is 1.